The van der Waals surface area contributed by atoms with Crippen molar-refractivity contribution in [2.75, 3.05) is 5.32 Å². The van der Waals surface area contributed by atoms with Gasteiger partial charge in [-0.15, -0.1) is 0 Å². The predicted molar refractivity (Wildman–Crippen MR) is 122 cm³/mol. The Bertz CT molecular complexity index is 1300. The summed E-state index contributed by atoms with van der Waals surface area (Å²) in [4.78, 5) is 35.6. The SMILES string of the molecule is O=C(O)N[C@H]1C[C@H](Nc2ncnc3[nH]cc(C(=O)c4ccc(Oc5ccccc5)cc4)c23)C1. The Balaban J connectivity index is 1.34. The Labute approximate surface area is 188 Å². The molecule has 1 amide bonds. The van der Waals surface area contributed by atoms with E-state index in [4.69, 9.17) is 9.84 Å². The summed E-state index contributed by atoms with van der Waals surface area (Å²) >= 11 is 0. The number of carbonyl (C=O) groups excluding carboxylic acids is 1. The van der Waals surface area contributed by atoms with E-state index >= 15 is 0 Å². The van der Waals surface area contributed by atoms with Crippen LogP contribution in [0.1, 0.15) is 28.8 Å². The van der Waals surface area contributed by atoms with Crippen molar-refractivity contribution in [1.29, 1.82) is 0 Å². The zero-order valence-electron chi connectivity index (χ0n) is 17.5. The lowest BCUT2D eigenvalue weighted by molar-refractivity contribution is 0.104. The standard InChI is InChI=1S/C24H21N5O4/c30-21(14-6-8-18(9-7-14)33-17-4-2-1-3-5-17)19-12-25-22-20(19)23(27-13-26-22)28-15-10-16(11-15)29-24(31)32/h1-9,12-13,15-16,29H,10-11H2,(H,31,32)(H2,25,26,27,28)/t15-,16-. The highest BCUT2D eigenvalue weighted by Crippen LogP contribution is 2.30. The topological polar surface area (TPSA) is 129 Å². The highest BCUT2D eigenvalue weighted by Gasteiger charge is 2.31. The average Bonchev–Trinajstić information content (AvgIpc) is 3.23. The van der Waals surface area contributed by atoms with Gasteiger partial charge in [0.05, 0.1) is 10.9 Å². The van der Waals surface area contributed by atoms with Gasteiger partial charge in [-0.1, -0.05) is 18.2 Å². The molecular weight excluding hydrogens is 422 g/mol. The molecule has 1 aliphatic carbocycles. The summed E-state index contributed by atoms with van der Waals surface area (Å²) in [6.45, 7) is 0. The van der Waals surface area contributed by atoms with Gasteiger partial charge >= 0.3 is 6.09 Å². The number of carboxylic acid groups (broad SMARTS) is 1. The van der Waals surface area contributed by atoms with Crippen LogP contribution in [0.15, 0.2) is 67.1 Å². The lowest BCUT2D eigenvalue weighted by Gasteiger charge is -2.35. The lowest BCUT2D eigenvalue weighted by Crippen LogP contribution is -2.49. The van der Waals surface area contributed by atoms with Gasteiger partial charge in [-0.25, -0.2) is 14.8 Å². The first-order valence-electron chi connectivity index (χ1n) is 10.5. The van der Waals surface area contributed by atoms with Crippen LogP contribution >= 0.6 is 0 Å². The number of hydrogen-bond acceptors (Lipinski definition) is 6. The molecule has 166 valence electrons. The molecule has 0 atom stereocenters. The molecule has 9 nitrogen and oxygen atoms in total. The number of amides is 1. The molecule has 0 bridgehead atoms. The second kappa shape index (κ2) is 8.62. The number of fused-ring (bicyclic) bond motifs is 1. The first-order chi connectivity index (χ1) is 16.1. The molecule has 5 rings (SSSR count). The van der Waals surface area contributed by atoms with E-state index in [2.05, 4.69) is 25.6 Å². The number of aromatic nitrogens is 3. The smallest absolute Gasteiger partial charge is 0.404 e. The van der Waals surface area contributed by atoms with Crippen molar-refractivity contribution >= 4 is 28.7 Å². The van der Waals surface area contributed by atoms with E-state index in [-0.39, 0.29) is 17.9 Å². The van der Waals surface area contributed by atoms with Crippen molar-refractivity contribution in [3.8, 4) is 11.5 Å². The highest BCUT2D eigenvalue weighted by atomic mass is 16.5. The van der Waals surface area contributed by atoms with Crippen LogP contribution in [0.25, 0.3) is 11.0 Å². The van der Waals surface area contributed by atoms with E-state index in [1.165, 1.54) is 6.33 Å². The quantitative estimate of drug-likeness (QED) is 0.315. The first-order valence-corrected chi connectivity index (χ1v) is 10.5. The van der Waals surface area contributed by atoms with E-state index in [1.54, 1.807) is 30.5 Å². The summed E-state index contributed by atoms with van der Waals surface area (Å²) in [6.07, 6.45) is 3.33. The molecule has 0 unspecified atom stereocenters. The fourth-order valence-corrected chi connectivity index (χ4v) is 3.93. The number of ketones is 1. The molecule has 0 saturated heterocycles. The number of anilines is 1. The highest BCUT2D eigenvalue weighted by molar-refractivity contribution is 6.18. The zero-order chi connectivity index (χ0) is 22.8. The molecule has 2 aromatic heterocycles. The predicted octanol–water partition coefficient (Wildman–Crippen LogP) is 4.19. The molecule has 2 aromatic carbocycles. The van der Waals surface area contributed by atoms with Crippen LogP contribution in [-0.2, 0) is 0 Å². The summed E-state index contributed by atoms with van der Waals surface area (Å²) in [5, 5.41) is 15.2. The van der Waals surface area contributed by atoms with Gasteiger partial charge in [0.1, 0.15) is 29.3 Å². The molecule has 2 heterocycles. The minimum atomic E-state index is -1.03. The zero-order valence-corrected chi connectivity index (χ0v) is 17.5. The Morgan fingerprint density at radius 3 is 2.42 bits per heavy atom. The van der Waals surface area contributed by atoms with E-state index in [0.29, 0.717) is 46.6 Å². The number of ether oxygens (including phenoxy) is 1. The Morgan fingerprint density at radius 2 is 1.70 bits per heavy atom. The van der Waals surface area contributed by atoms with Gasteiger partial charge in [-0.2, -0.15) is 0 Å². The van der Waals surface area contributed by atoms with E-state index < -0.39 is 6.09 Å². The molecule has 4 N–H and O–H groups in total. The van der Waals surface area contributed by atoms with Crippen molar-refractivity contribution < 1.29 is 19.4 Å². The van der Waals surface area contributed by atoms with Gasteiger partial charge in [-0.05, 0) is 49.2 Å². The molecule has 33 heavy (non-hydrogen) atoms. The minimum absolute atomic E-state index is 0.0622. The van der Waals surface area contributed by atoms with Gasteiger partial charge in [-0.3, -0.25) is 4.79 Å². The number of nitrogens with one attached hydrogen (secondary N) is 3. The summed E-state index contributed by atoms with van der Waals surface area (Å²) in [7, 11) is 0. The van der Waals surface area contributed by atoms with Crippen LogP contribution in [0.4, 0.5) is 10.6 Å². The molecule has 1 aliphatic rings. The number of hydrogen-bond donors (Lipinski definition) is 4. The fraction of sp³-hybridized carbons (Fsp3) is 0.167. The third-order valence-corrected chi connectivity index (χ3v) is 5.62. The summed E-state index contributed by atoms with van der Waals surface area (Å²) in [5.74, 6) is 1.74. The number of carbonyl (C=O) groups is 2. The Kier molecular flexibility index (Phi) is 5.35. The fourth-order valence-electron chi connectivity index (χ4n) is 3.93. The summed E-state index contributed by atoms with van der Waals surface area (Å²) < 4.78 is 5.80. The second-order valence-corrected chi connectivity index (χ2v) is 7.88. The van der Waals surface area contributed by atoms with Crippen LogP contribution in [-0.4, -0.2) is 44.0 Å². The van der Waals surface area contributed by atoms with Gasteiger partial charge < -0.3 is 25.5 Å². The average molecular weight is 443 g/mol. The molecule has 1 saturated carbocycles. The largest absolute Gasteiger partial charge is 0.465 e. The van der Waals surface area contributed by atoms with Crippen molar-refractivity contribution in [3.63, 3.8) is 0 Å². The molecule has 4 aromatic rings. The van der Waals surface area contributed by atoms with Crippen molar-refractivity contribution in [1.82, 2.24) is 20.3 Å². The van der Waals surface area contributed by atoms with Gasteiger partial charge in [0.25, 0.3) is 0 Å². The third kappa shape index (κ3) is 4.33. The third-order valence-electron chi connectivity index (χ3n) is 5.62. The minimum Gasteiger partial charge on any atom is -0.465 e. The first kappa shape index (κ1) is 20.5. The maximum atomic E-state index is 13.3. The van der Waals surface area contributed by atoms with Crippen LogP contribution < -0.4 is 15.4 Å². The number of para-hydroxylation sites is 1. The molecule has 0 radical (unpaired) electrons. The van der Waals surface area contributed by atoms with E-state index in [0.717, 1.165) is 5.75 Å². The van der Waals surface area contributed by atoms with E-state index in [9.17, 15) is 9.59 Å². The molecule has 1 fully saturated rings. The number of benzene rings is 2. The maximum absolute atomic E-state index is 13.3. The van der Waals surface area contributed by atoms with Crippen molar-refractivity contribution in [2.45, 2.75) is 24.9 Å². The lowest BCUT2D eigenvalue weighted by atomic mass is 9.87. The van der Waals surface area contributed by atoms with Gasteiger partial charge in [0.15, 0.2) is 5.78 Å². The molecule has 0 spiro atoms. The number of nitrogens with zero attached hydrogens (tertiary/aromatic N) is 2. The number of aromatic amines is 1. The second-order valence-electron chi connectivity index (χ2n) is 7.88. The van der Waals surface area contributed by atoms with Crippen LogP contribution in [0.3, 0.4) is 0 Å². The monoisotopic (exact) mass is 443 g/mol. The van der Waals surface area contributed by atoms with Gasteiger partial charge in [0, 0.05) is 23.8 Å². The van der Waals surface area contributed by atoms with Crippen molar-refractivity contribution in [2.24, 2.45) is 0 Å². The Morgan fingerprint density at radius 1 is 0.970 bits per heavy atom. The van der Waals surface area contributed by atoms with Crippen LogP contribution in [0.5, 0.6) is 11.5 Å². The summed E-state index contributed by atoms with van der Waals surface area (Å²) in [6, 6.07) is 16.4. The molecule has 9 heteroatoms. The van der Waals surface area contributed by atoms with Crippen molar-refractivity contribution in [3.05, 3.63) is 78.2 Å². The Hall–Kier alpha value is -4.40. The van der Waals surface area contributed by atoms with Crippen LogP contribution in [0, 0.1) is 0 Å². The van der Waals surface area contributed by atoms with E-state index in [1.807, 2.05) is 30.3 Å². The number of rotatable bonds is 7. The van der Waals surface area contributed by atoms with Gasteiger partial charge in [0.2, 0.25) is 0 Å². The van der Waals surface area contributed by atoms with Crippen LogP contribution in [0.2, 0.25) is 0 Å². The summed E-state index contributed by atoms with van der Waals surface area (Å²) in [5.41, 5.74) is 1.53. The normalized spacial score (nSPS) is 17.2. The molecular formula is C24H21N5O4. The molecule has 0 aliphatic heterocycles. The maximum Gasteiger partial charge on any atom is 0.404 e. The number of H-pyrrole nitrogens is 1.